The van der Waals surface area contributed by atoms with Crippen LogP contribution >= 0.6 is 0 Å². The van der Waals surface area contributed by atoms with E-state index in [4.69, 9.17) is 5.73 Å². The highest BCUT2D eigenvalue weighted by atomic mass is 16.2. The number of amides is 4. The molecular formula is C13H12N4O3. The van der Waals surface area contributed by atoms with E-state index >= 15 is 0 Å². The molecule has 0 spiro atoms. The molecule has 0 heterocycles. The van der Waals surface area contributed by atoms with Crippen molar-refractivity contribution in [3.05, 3.63) is 42.5 Å². The van der Waals surface area contributed by atoms with Crippen molar-refractivity contribution < 1.29 is 14.4 Å². The fourth-order valence-corrected chi connectivity index (χ4v) is 1.66. The smallest absolute Gasteiger partial charge is 0.337 e. The molecule has 2 rings (SSSR count). The van der Waals surface area contributed by atoms with Gasteiger partial charge in [0.05, 0.1) is 5.69 Å². The molecule has 0 atom stereocenters. The Morgan fingerprint density at radius 1 is 0.900 bits per heavy atom. The van der Waals surface area contributed by atoms with Crippen LogP contribution in [0.1, 0.15) is 0 Å². The number of anilines is 1. The average Bonchev–Trinajstić information content (AvgIpc) is 2.45. The molecule has 0 saturated heterocycles. The minimum atomic E-state index is -1.18. The van der Waals surface area contributed by atoms with E-state index in [-0.39, 0.29) is 0 Å². The minimum Gasteiger partial charge on any atom is -0.361 e. The zero-order valence-corrected chi connectivity index (χ0v) is 10.3. The second-order valence-electron chi connectivity index (χ2n) is 3.92. The number of nitrogens with one attached hydrogen (secondary N) is 3. The van der Waals surface area contributed by atoms with Gasteiger partial charge in [0.2, 0.25) is 0 Å². The van der Waals surface area contributed by atoms with Gasteiger partial charge in [-0.1, -0.05) is 36.4 Å². The highest BCUT2D eigenvalue weighted by Crippen LogP contribution is 2.22. The van der Waals surface area contributed by atoms with Gasteiger partial charge < -0.3 is 11.1 Å². The summed E-state index contributed by atoms with van der Waals surface area (Å²) in [7, 11) is 0. The van der Waals surface area contributed by atoms with Crippen molar-refractivity contribution in [1.29, 1.82) is 0 Å². The predicted octanol–water partition coefficient (Wildman–Crippen LogP) is 0.478. The summed E-state index contributed by atoms with van der Waals surface area (Å²) in [6, 6.07) is 12.2. The third-order valence-corrected chi connectivity index (χ3v) is 2.55. The van der Waals surface area contributed by atoms with Gasteiger partial charge in [0.25, 0.3) is 0 Å². The molecule has 0 aromatic heterocycles. The molecule has 20 heavy (non-hydrogen) atoms. The SMILES string of the molecule is NC(=O)C(=O)NNC(=O)Nc1cccc2ccccc12. The van der Waals surface area contributed by atoms with Gasteiger partial charge in [0, 0.05) is 5.39 Å². The van der Waals surface area contributed by atoms with Crippen LogP contribution < -0.4 is 21.9 Å². The van der Waals surface area contributed by atoms with Gasteiger partial charge in [-0.25, -0.2) is 10.2 Å². The Hall–Kier alpha value is -3.09. The standard InChI is InChI=1S/C13H12N4O3/c14-11(18)12(19)16-17-13(20)15-10-7-3-5-8-4-1-2-6-9(8)10/h1-7H,(H2,14,18)(H,16,19)(H2,15,17,20). The molecular weight excluding hydrogens is 260 g/mol. The highest BCUT2D eigenvalue weighted by Gasteiger charge is 2.10. The van der Waals surface area contributed by atoms with Crippen molar-refractivity contribution in [3.63, 3.8) is 0 Å². The Kier molecular flexibility index (Phi) is 3.80. The van der Waals surface area contributed by atoms with E-state index < -0.39 is 17.8 Å². The number of hydrogen-bond donors (Lipinski definition) is 4. The quantitative estimate of drug-likeness (QED) is 0.447. The Morgan fingerprint density at radius 2 is 1.60 bits per heavy atom. The summed E-state index contributed by atoms with van der Waals surface area (Å²) in [6.45, 7) is 0. The summed E-state index contributed by atoms with van der Waals surface area (Å²) in [5, 5.41) is 4.38. The lowest BCUT2D eigenvalue weighted by Crippen LogP contribution is -2.48. The molecule has 2 aromatic carbocycles. The number of urea groups is 1. The van der Waals surface area contributed by atoms with Gasteiger partial charge in [-0.3, -0.25) is 15.0 Å². The third kappa shape index (κ3) is 3.02. The molecule has 7 nitrogen and oxygen atoms in total. The topological polar surface area (TPSA) is 113 Å². The summed E-state index contributed by atoms with van der Waals surface area (Å²) >= 11 is 0. The van der Waals surface area contributed by atoms with Crippen molar-refractivity contribution in [2.24, 2.45) is 5.73 Å². The Balaban J connectivity index is 2.07. The zero-order valence-electron chi connectivity index (χ0n) is 10.3. The Labute approximate surface area is 114 Å². The molecule has 5 N–H and O–H groups in total. The normalized spacial score (nSPS) is 9.80. The van der Waals surface area contributed by atoms with Crippen LogP contribution in [0.25, 0.3) is 10.8 Å². The number of primary amides is 1. The van der Waals surface area contributed by atoms with E-state index in [0.717, 1.165) is 10.8 Å². The maximum absolute atomic E-state index is 11.6. The van der Waals surface area contributed by atoms with E-state index in [0.29, 0.717) is 5.69 Å². The molecule has 0 bridgehead atoms. The first-order chi connectivity index (χ1) is 9.58. The van der Waals surface area contributed by atoms with Gasteiger partial charge in [-0.15, -0.1) is 0 Å². The fraction of sp³-hybridized carbons (Fsp3) is 0. The lowest BCUT2D eigenvalue weighted by atomic mass is 10.1. The highest BCUT2D eigenvalue weighted by molar-refractivity contribution is 6.34. The molecule has 0 aliphatic heterocycles. The first kappa shape index (κ1) is 13.3. The largest absolute Gasteiger partial charge is 0.361 e. The van der Waals surface area contributed by atoms with Crippen LogP contribution in [0.15, 0.2) is 42.5 Å². The molecule has 0 fully saturated rings. The first-order valence-electron chi connectivity index (χ1n) is 5.72. The Bertz CT molecular complexity index is 679. The lowest BCUT2D eigenvalue weighted by Gasteiger charge is -2.10. The molecule has 102 valence electrons. The maximum Gasteiger partial charge on any atom is 0.337 e. The van der Waals surface area contributed by atoms with Gasteiger partial charge in [-0.2, -0.15) is 0 Å². The number of rotatable bonds is 1. The number of carbonyl (C=O) groups excluding carboxylic acids is 3. The maximum atomic E-state index is 11.6. The van der Waals surface area contributed by atoms with Crippen molar-refractivity contribution in [3.8, 4) is 0 Å². The number of carbonyl (C=O) groups is 3. The molecule has 0 radical (unpaired) electrons. The van der Waals surface area contributed by atoms with E-state index in [2.05, 4.69) is 5.32 Å². The van der Waals surface area contributed by atoms with Gasteiger partial charge in [-0.05, 0) is 11.5 Å². The van der Waals surface area contributed by atoms with Gasteiger partial charge in [0.15, 0.2) is 0 Å². The van der Waals surface area contributed by atoms with Crippen LogP contribution in [0.2, 0.25) is 0 Å². The molecule has 0 saturated carbocycles. The molecule has 7 heteroatoms. The number of nitrogens with two attached hydrogens (primary N) is 1. The summed E-state index contributed by atoms with van der Waals surface area (Å²) in [4.78, 5) is 33.0. The number of fused-ring (bicyclic) bond motifs is 1. The van der Waals surface area contributed by atoms with E-state index in [1.54, 1.807) is 12.1 Å². The van der Waals surface area contributed by atoms with E-state index in [1.165, 1.54) is 0 Å². The Morgan fingerprint density at radius 3 is 2.35 bits per heavy atom. The predicted molar refractivity (Wildman–Crippen MR) is 73.4 cm³/mol. The molecule has 2 aromatic rings. The van der Waals surface area contributed by atoms with Crippen molar-refractivity contribution in [2.45, 2.75) is 0 Å². The van der Waals surface area contributed by atoms with Gasteiger partial charge in [0.1, 0.15) is 0 Å². The number of hydrogen-bond acceptors (Lipinski definition) is 3. The monoisotopic (exact) mass is 272 g/mol. The summed E-state index contributed by atoms with van der Waals surface area (Å²) < 4.78 is 0. The molecule has 0 unspecified atom stereocenters. The zero-order chi connectivity index (χ0) is 14.5. The van der Waals surface area contributed by atoms with Crippen molar-refractivity contribution in [2.75, 3.05) is 5.32 Å². The first-order valence-corrected chi connectivity index (χ1v) is 5.72. The second kappa shape index (κ2) is 5.70. The van der Waals surface area contributed by atoms with E-state index in [1.807, 2.05) is 41.2 Å². The molecule has 4 amide bonds. The van der Waals surface area contributed by atoms with Crippen LogP contribution in [0.5, 0.6) is 0 Å². The second-order valence-corrected chi connectivity index (χ2v) is 3.92. The van der Waals surface area contributed by atoms with Crippen LogP contribution in [-0.2, 0) is 9.59 Å². The summed E-state index contributed by atoms with van der Waals surface area (Å²) in [6.07, 6.45) is 0. The molecule has 0 aliphatic carbocycles. The van der Waals surface area contributed by atoms with Crippen LogP contribution in [-0.4, -0.2) is 17.8 Å². The third-order valence-electron chi connectivity index (χ3n) is 2.55. The van der Waals surface area contributed by atoms with Crippen molar-refractivity contribution >= 4 is 34.3 Å². The number of benzene rings is 2. The summed E-state index contributed by atoms with van der Waals surface area (Å²) in [5.41, 5.74) is 9.21. The van der Waals surface area contributed by atoms with Crippen LogP contribution in [0.4, 0.5) is 10.5 Å². The van der Waals surface area contributed by atoms with Crippen LogP contribution in [0.3, 0.4) is 0 Å². The van der Waals surface area contributed by atoms with Crippen LogP contribution in [0, 0.1) is 0 Å². The minimum absolute atomic E-state index is 0.578. The molecule has 0 aliphatic rings. The van der Waals surface area contributed by atoms with E-state index in [9.17, 15) is 14.4 Å². The fourth-order valence-electron chi connectivity index (χ4n) is 1.66. The van der Waals surface area contributed by atoms with Gasteiger partial charge >= 0.3 is 17.8 Å². The van der Waals surface area contributed by atoms with Crippen molar-refractivity contribution in [1.82, 2.24) is 10.9 Å². The number of hydrazine groups is 1. The average molecular weight is 272 g/mol. The summed E-state index contributed by atoms with van der Waals surface area (Å²) in [5.74, 6) is -2.28. The lowest BCUT2D eigenvalue weighted by molar-refractivity contribution is -0.137.